The molecule has 4 bridgehead atoms. The Morgan fingerprint density at radius 2 is 1.72 bits per heavy atom. The molecule has 1 aromatic heterocycles. The van der Waals surface area contributed by atoms with Crippen molar-refractivity contribution in [2.24, 2.45) is 23.5 Å². The second kappa shape index (κ2) is 3.50. The van der Waals surface area contributed by atoms with Crippen LogP contribution in [0.5, 0.6) is 0 Å². The Hall–Kier alpha value is -1.03. The van der Waals surface area contributed by atoms with Gasteiger partial charge in [-0.2, -0.15) is 5.16 Å². The smallest absolute Gasteiger partial charge is 0.283 e. The molecule has 4 fully saturated rings. The lowest BCUT2D eigenvalue weighted by Crippen LogP contribution is -2.50. The molecule has 18 heavy (non-hydrogen) atoms. The molecule has 98 valence electrons. The Morgan fingerprint density at radius 3 is 2.22 bits per heavy atom. The first-order valence-corrected chi connectivity index (χ1v) is 7.11. The van der Waals surface area contributed by atoms with Gasteiger partial charge < -0.3 is 10.3 Å². The first-order valence-electron chi connectivity index (χ1n) is 7.11. The van der Waals surface area contributed by atoms with Gasteiger partial charge in [-0.05, 0) is 56.3 Å². The summed E-state index contributed by atoms with van der Waals surface area (Å²) in [6, 6.07) is 0. The summed E-state index contributed by atoms with van der Waals surface area (Å²) in [4.78, 5) is 12.1. The van der Waals surface area contributed by atoms with Crippen LogP contribution in [0.2, 0.25) is 0 Å². The number of hydrogen-bond donors (Lipinski definition) is 2. The molecule has 0 atom stereocenters. The van der Waals surface area contributed by atoms with Gasteiger partial charge in [0.25, 0.3) is 5.56 Å². The highest BCUT2D eigenvalue weighted by Crippen LogP contribution is 2.60. The van der Waals surface area contributed by atoms with Crippen LogP contribution in [-0.2, 0) is 12.0 Å². The van der Waals surface area contributed by atoms with Crippen molar-refractivity contribution >= 4 is 0 Å². The van der Waals surface area contributed by atoms with E-state index in [1.807, 2.05) is 0 Å². The topological polar surface area (TPSA) is 72.0 Å². The molecule has 0 aromatic carbocycles. The van der Waals surface area contributed by atoms with Crippen molar-refractivity contribution in [3.63, 3.8) is 0 Å². The molecule has 0 aliphatic heterocycles. The summed E-state index contributed by atoms with van der Waals surface area (Å²) in [5, 5.41) is 2.50. The monoisotopic (exact) mass is 248 g/mol. The summed E-state index contributed by atoms with van der Waals surface area (Å²) in [5.74, 6) is 3.19. The molecule has 4 nitrogen and oxygen atoms in total. The van der Waals surface area contributed by atoms with Crippen LogP contribution in [0.4, 0.5) is 0 Å². The molecular weight excluding hydrogens is 228 g/mol. The average Bonchev–Trinajstić information content (AvgIpc) is 2.69. The summed E-state index contributed by atoms with van der Waals surface area (Å²) < 4.78 is 5.27. The fourth-order valence-corrected chi connectivity index (χ4v) is 5.43. The van der Waals surface area contributed by atoms with E-state index in [1.165, 1.54) is 38.5 Å². The zero-order valence-corrected chi connectivity index (χ0v) is 10.6. The van der Waals surface area contributed by atoms with Gasteiger partial charge in [0.1, 0.15) is 0 Å². The maximum Gasteiger partial charge on any atom is 0.283 e. The minimum absolute atomic E-state index is 0.0302. The van der Waals surface area contributed by atoms with Gasteiger partial charge in [0, 0.05) is 5.41 Å². The molecule has 0 spiro atoms. The van der Waals surface area contributed by atoms with E-state index in [2.05, 4.69) is 5.16 Å². The minimum Gasteiger partial charge on any atom is -0.382 e. The van der Waals surface area contributed by atoms with Crippen molar-refractivity contribution in [2.45, 2.75) is 50.5 Å². The molecule has 4 saturated carbocycles. The van der Waals surface area contributed by atoms with Gasteiger partial charge in [0.15, 0.2) is 5.76 Å². The Balaban J connectivity index is 1.83. The summed E-state index contributed by atoms with van der Waals surface area (Å²) in [5.41, 5.74) is 6.68. The van der Waals surface area contributed by atoms with Gasteiger partial charge >= 0.3 is 0 Å². The second-order valence-electron chi connectivity index (χ2n) is 6.73. The Kier molecular flexibility index (Phi) is 2.11. The van der Waals surface area contributed by atoms with Crippen molar-refractivity contribution in [1.82, 2.24) is 5.16 Å². The van der Waals surface area contributed by atoms with E-state index in [1.54, 1.807) is 0 Å². The number of hydrogen-bond acceptors (Lipinski definition) is 3. The highest BCUT2D eigenvalue weighted by molar-refractivity contribution is 5.29. The third kappa shape index (κ3) is 1.32. The average molecular weight is 248 g/mol. The number of aromatic amines is 1. The lowest BCUT2D eigenvalue weighted by atomic mass is 9.48. The maximum absolute atomic E-state index is 12.1. The Morgan fingerprint density at radius 1 is 1.17 bits per heavy atom. The summed E-state index contributed by atoms with van der Waals surface area (Å²) >= 11 is 0. The van der Waals surface area contributed by atoms with Gasteiger partial charge in [-0.1, -0.05) is 0 Å². The lowest BCUT2D eigenvalue weighted by Gasteiger charge is -2.56. The van der Waals surface area contributed by atoms with Crippen LogP contribution >= 0.6 is 0 Å². The molecule has 4 aliphatic carbocycles. The van der Waals surface area contributed by atoms with Gasteiger partial charge in [0.2, 0.25) is 0 Å². The lowest BCUT2D eigenvalue weighted by molar-refractivity contribution is -0.00634. The highest BCUT2D eigenvalue weighted by Gasteiger charge is 2.53. The number of nitrogens with one attached hydrogen (secondary N) is 1. The predicted octanol–water partition coefficient (Wildman–Crippen LogP) is 1.89. The van der Waals surface area contributed by atoms with E-state index in [0.717, 1.165) is 23.3 Å². The first-order chi connectivity index (χ1) is 8.70. The standard InChI is InChI=1S/C14H20N2O2/c15-7-11-12(13(17)16-18-11)14-4-8-1-9(5-14)3-10(2-8)6-14/h8-10H,1-7,15H2,(H,16,17). The van der Waals surface area contributed by atoms with E-state index in [-0.39, 0.29) is 11.0 Å². The van der Waals surface area contributed by atoms with Gasteiger partial charge in [-0.15, -0.1) is 0 Å². The van der Waals surface area contributed by atoms with E-state index in [0.29, 0.717) is 12.3 Å². The molecule has 1 heterocycles. The van der Waals surface area contributed by atoms with E-state index < -0.39 is 0 Å². The zero-order chi connectivity index (χ0) is 12.3. The molecule has 1 aromatic rings. The van der Waals surface area contributed by atoms with Crippen molar-refractivity contribution in [3.8, 4) is 0 Å². The molecule has 3 N–H and O–H groups in total. The summed E-state index contributed by atoms with van der Waals surface area (Å²) in [7, 11) is 0. The van der Waals surface area contributed by atoms with Gasteiger partial charge in [-0.25, -0.2) is 0 Å². The zero-order valence-electron chi connectivity index (χ0n) is 10.6. The molecular formula is C14H20N2O2. The van der Waals surface area contributed by atoms with Crippen LogP contribution in [0.3, 0.4) is 0 Å². The van der Waals surface area contributed by atoms with Gasteiger partial charge in [0.05, 0.1) is 12.1 Å². The second-order valence-corrected chi connectivity index (χ2v) is 6.73. The first kappa shape index (κ1) is 10.9. The highest BCUT2D eigenvalue weighted by atomic mass is 16.5. The molecule has 0 amide bonds. The van der Waals surface area contributed by atoms with Crippen molar-refractivity contribution < 1.29 is 4.52 Å². The quantitative estimate of drug-likeness (QED) is 0.839. The Labute approximate surface area is 106 Å². The van der Waals surface area contributed by atoms with E-state index >= 15 is 0 Å². The molecule has 0 radical (unpaired) electrons. The van der Waals surface area contributed by atoms with Crippen LogP contribution in [-0.4, -0.2) is 5.16 Å². The third-order valence-electron chi connectivity index (χ3n) is 5.53. The van der Waals surface area contributed by atoms with Crippen LogP contribution < -0.4 is 11.3 Å². The Bertz CT molecular complexity index is 493. The fourth-order valence-electron chi connectivity index (χ4n) is 5.43. The third-order valence-corrected chi connectivity index (χ3v) is 5.53. The van der Waals surface area contributed by atoms with Gasteiger partial charge in [-0.3, -0.25) is 4.79 Å². The van der Waals surface area contributed by atoms with Crippen LogP contribution in [0.15, 0.2) is 9.32 Å². The van der Waals surface area contributed by atoms with Crippen LogP contribution in [0.1, 0.15) is 49.8 Å². The normalized spacial score (nSPS) is 41.5. The molecule has 5 rings (SSSR count). The SMILES string of the molecule is NCc1o[nH]c(=O)c1C12CC3CC(CC(C3)C1)C2. The fraction of sp³-hybridized carbons (Fsp3) is 0.786. The molecule has 4 heteroatoms. The summed E-state index contributed by atoms with van der Waals surface area (Å²) in [6.45, 7) is 0.329. The van der Waals surface area contributed by atoms with Crippen molar-refractivity contribution in [1.29, 1.82) is 0 Å². The van der Waals surface area contributed by atoms with Crippen LogP contribution in [0.25, 0.3) is 0 Å². The van der Waals surface area contributed by atoms with Crippen molar-refractivity contribution in [2.75, 3.05) is 0 Å². The van der Waals surface area contributed by atoms with E-state index in [9.17, 15) is 4.79 Å². The minimum atomic E-state index is -0.0302. The predicted molar refractivity (Wildman–Crippen MR) is 67.1 cm³/mol. The summed E-state index contributed by atoms with van der Waals surface area (Å²) in [6.07, 6.45) is 7.67. The van der Waals surface area contributed by atoms with Crippen molar-refractivity contribution in [3.05, 3.63) is 21.7 Å². The largest absolute Gasteiger partial charge is 0.382 e. The van der Waals surface area contributed by atoms with E-state index in [4.69, 9.17) is 10.3 Å². The number of aromatic nitrogens is 1. The number of rotatable bonds is 2. The molecule has 0 unspecified atom stereocenters. The van der Waals surface area contributed by atoms with Crippen LogP contribution in [0, 0.1) is 17.8 Å². The number of nitrogens with two attached hydrogens (primary N) is 1. The number of H-pyrrole nitrogens is 1. The molecule has 0 saturated heterocycles. The maximum atomic E-state index is 12.1. The molecule has 4 aliphatic rings.